The molecule has 0 spiro atoms. The van der Waals surface area contributed by atoms with E-state index in [1.807, 2.05) is 0 Å². The average molecular weight is 865 g/mol. The molecule has 0 aliphatic heterocycles. The number of hydrogen-bond donors (Lipinski definition) is 0. The highest BCUT2D eigenvalue weighted by Gasteiger charge is 2.22. The number of benzene rings is 13. The predicted molar refractivity (Wildman–Crippen MR) is 292 cm³/mol. The van der Waals surface area contributed by atoms with Crippen LogP contribution in [-0.4, -0.2) is 0 Å². The molecule has 13 rings (SSSR count). The first-order valence-corrected chi connectivity index (χ1v) is 23.4. The molecule has 0 heterocycles. The van der Waals surface area contributed by atoms with Crippen LogP contribution in [0.2, 0.25) is 0 Å². The Morgan fingerprint density at radius 1 is 0.176 bits per heavy atom. The first-order chi connectivity index (χ1) is 33.7. The van der Waals surface area contributed by atoms with E-state index in [2.05, 4.69) is 277 Å². The monoisotopic (exact) mass is 864 g/mol. The minimum Gasteiger partial charge on any atom is -0.310 e. The van der Waals surface area contributed by atoms with Crippen molar-refractivity contribution in [3.63, 3.8) is 0 Å². The van der Waals surface area contributed by atoms with Gasteiger partial charge in [-0.3, -0.25) is 0 Å². The topological polar surface area (TPSA) is 6.48 Å². The lowest BCUT2D eigenvalue weighted by atomic mass is 9.86. The molecule has 0 aliphatic carbocycles. The van der Waals surface area contributed by atoms with E-state index in [0.717, 1.165) is 34.1 Å². The number of fused-ring (bicyclic) bond motifs is 6. The van der Waals surface area contributed by atoms with Crippen molar-refractivity contribution < 1.29 is 0 Å². The minimum atomic E-state index is 1.11. The molecule has 0 aliphatic rings. The molecule has 0 saturated heterocycles. The molecule has 2 heteroatoms. The summed E-state index contributed by atoms with van der Waals surface area (Å²) in [5.41, 5.74) is 11.6. The zero-order chi connectivity index (χ0) is 45.0. The molecule has 0 saturated carbocycles. The molecule has 0 radical (unpaired) electrons. The zero-order valence-electron chi connectivity index (χ0n) is 37.3. The molecule has 0 unspecified atom stereocenters. The third kappa shape index (κ3) is 6.73. The molecule has 13 aromatic carbocycles. The van der Waals surface area contributed by atoms with Gasteiger partial charge in [-0.25, -0.2) is 0 Å². The third-order valence-electron chi connectivity index (χ3n) is 13.7. The molecule has 0 bridgehead atoms. The highest BCUT2D eigenvalue weighted by atomic mass is 15.1. The fraction of sp³-hybridized carbons (Fsp3) is 0. The van der Waals surface area contributed by atoms with Crippen LogP contribution in [0.5, 0.6) is 0 Å². The summed E-state index contributed by atoms with van der Waals surface area (Å²) in [7, 11) is 0. The quantitative estimate of drug-likeness (QED) is 0.140. The van der Waals surface area contributed by atoms with Crippen molar-refractivity contribution in [2.45, 2.75) is 0 Å². The Labute approximate surface area is 395 Å². The normalized spacial score (nSPS) is 11.5. The largest absolute Gasteiger partial charge is 0.310 e. The number of hydrogen-bond acceptors (Lipinski definition) is 2. The van der Waals surface area contributed by atoms with Crippen molar-refractivity contribution in [1.29, 1.82) is 0 Å². The smallest absolute Gasteiger partial charge is 0.0540 e. The van der Waals surface area contributed by atoms with Crippen LogP contribution in [0.4, 0.5) is 34.1 Å². The van der Waals surface area contributed by atoms with Crippen molar-refractivity contribution in [2.24, 2.45) is 0 Å². The third-order valence-corrected chi connectivity index (χ3v) is 13.7. The molecule has 0 aromatic heterocycles. The molecule has 0 atom stereocenters. The Kier molecular flexibility index (Phi) is 9.54. The van der Waals surface area contributed by atoms with Gasteiger partial charge in [0.05, 0.1) is 11.4 Å². The maximum absolute atomic E-state index is 2.42. The number of nitrogens with zero attached hydrogens (tertiary/aromatic N) is 2. The average Bonchev–Trinajstić information content (AvgIpc) is 3.40. The van der Waals surface area contributed by atoms with Gasteiger partial charge >= 0.3 is 0 Å². The van der Waals surface area contributed by atoms with E-state index < -0.39 is 0 Å². The van der Waals surface area contributed by atoms with Crippen LogP contribution in [-0.2, 0) is 0 Å². The lowest BCUT2D eigenvalue weighted by Gasteiger charge is -2.28. The number of anilines is 6. The SMILES string of the molecule is c1ccc(N(c2ccccc2)c2ccc(-c3ccc(-c4ccc(N(c5ccccc5)c5ccccc5)c5cc6ccccc6cc45)c4cc5ccccc5cc34)c3cc4ccccc4cc23)cc1. The molecule has 13 aromatic rings. The van der Waals surface area contributed by atoms with Gasteiger partial charge in [-0.1, -0.05) is 170 Å². The molecule has 2 nitrogen and oxygen atoms in total. The van der Waals surface area contributed by atoms with Crippen molar-refractivity contribution in [3.8, 4) is 22.3 Å². The lowest BCUT2D eigenvalue weighted by Crippen LogP contribution is -2.10. The highest BCUT2D eigenvalue weighted by molar-refractivity contribution is 6.20. The van der Waals surface area contributed by atoms with Crippen LogP contribution >= 0.6 is 0 Å². The second-order valence-electron chi connectivity index (χ2n) is 17.7. The molecule has 0 N–H and O–H groups in total. The van der Waals surface area contributed by atoms with Gasteiger partial charge in [0.1, 0.15) is 0 Å². The first-order valence-electron chi connectivity index (χ1n) is 23.4. The Bertz CT molecular complexity index is 3670. The van der Waals surface area contributed by atoms with Gasteiger partial charge < -0.3 is 9.80 Å². The molecular formula is C66H44N2. The van der Waals surface area contributed by atoms with Crippen LogP contribution in [0.3, 0.4) is 0 Å². The second kappa shape index (κ2) is 16.5. The van der Waals surface area contributed by atoms with Gasteiger partial charge in [0, 0.05) is 33.5 Å². The van der Waals surface area contributed by atoms with Crippen LogP contribution < -0.4 is 9.80 Å². The van der Waals surface area contributed by atoms with E-state index in [0.29, 0.717) is 0 Å². The summed E-state index contributed by atoms with van der Waals surface area (Å²) in [5.74, 6) is 0. The highest BCUT2D eigenvalue weighted by Crippen LogP contribution is 2.48. The summed E-state index contributed by atoms with van der Waals surface area (Å²) in [4.78, 5) is 4.79. The molecule has 318 valence electrons. The molecule has 0 fully saturated rings. The summed E-state index contributed by atoms with van der Waals surface area (Å²) < 4.78 is 0. The molecule has 0 amide bonds. The van der Waals surface area contributed by atoms with Gasteiger partial charge in [-0.05, 0) is 173 Å². The van der Waals surface area contributed by atoms with E-state index in [1.54, 1.807) is 0 Å². The van der Waals surface area contributed by atoms with Crippen molar-refractivity contribution in [3.05, 3.63) is 267 Å². The Morgan fingerprint density at radius 2 is 0.382 bits per heavy atom. The van der Waals surface area contributed by atoms with Crippen molar-refractivity contribution in [2.75, 3.05) is 9.80 Å². The van der Waals surface area contributed by atoms with Crippen LogP contribution in [0, 0.1) is 0 Å². The van der Waals surface area contributed by atoms with Crippen LogP contribution in [0.25, 0.3) is 86.9 Å². The minimum absolute atomic E-state index is 1.11. The van der Waals surface area contributed by atoms with Crippen LogP contribution in [0.15, 0.2) is 267 Å². The van der Waals surface area contributed by atoms with E-state index >= 15 is 0 Å². The van der Waals surface area contributed by atoms with Gasteiger partial charge in [0.15, 0.2) is 0 Å². The fourth-order valence-electron chi connectivity index (χ4n) is 10.6. The van der Waals surface area contributed by atoms with Gasteiger partial charge in [0.2, 0.25) is 0 Å². The summed E-state index contributed by atoms with van der Waals surface area (Å²) in [6, 6.07) is 97.8. The summed E-state index contributed by atoms with van der Waals surface area (Å²) >= 11 is 0. The van der Waals surface area contributed by atoms with Gasteiger partial charge in [-0.2, -0.15) is 0 Å². The number of para-hydroxylation sites is 4. The van der Waals surface area contributed by atoms with Gasteiger partial charge in [0.25, 0.3) is 0 Å². The van der Waals surface area contributed by atoms with E-state index in [1.165, 1.54) is 86.9 Å². The predicted octanol–water partition coefficient (Wildman–Crippen LogP) is 18.9. The Balaban J connectivity index is 1.08. The molecule has 68 heavy (non-hydrogen) atoms. The lowest BCUT2D eigenvalue weighted by molar-refractivity contribution is 1.30. The molecular weight excluding hydrogens is 821 g/mol. The van der Waals surface area contributed by atoms with Crippen molar-refractivity contribution in [1.82, 2.24) is 0 Å². The van der Waals surface area contributed by atoms with E-state index in [-0.39, 0.29) is 0 Å². The Hall–Kier alpha value is -8.98. The van der Waals surface area contributed by atoms with Crippen molar-refractivity contribution >= 4 is 98.8 Å². The zero-order valence-corrected chi connectivity index (χ0v) is 37.3. The number of rotatable bonds is 8. The summed E-state index contributed by atoms with van der Waals surface area (Å²) in [6.45, 7) is 0. The Morgan fingerprint density at radius 3 is 0.647 bits per heavy atom. The fourth-order valence-corrected chi connectivity index (χ4v) is 10.6. The second-order valence-corrected chi connectivity index (χ2v) is 17.7. The standard InChI is InChI=1S/C66H44N2/c1-5-25-51(26-6-1)67(52-27-7-2-8-28-52)65-37-35-57(61-41-47-21-15-17-23-49(47)43-63(61)65)55-33-34-56(60-40-46-20-14-13-19-45(46)39-59(55)60)58-36-38-66(64-44-50-24-18-16-22-48(50)42-62(58)64)68(53-29-9-3-10-30-53)54-31-11-4-12-32-54/h1-44H. The van der Waals surface area contributed by atoms with E-state index in [4.69, 9.17) is 0 Å². The van der Waals surface area contributed by atoms with Crippen LogP contribution in [0.1, 0.15) is 0 Å². The van der Waals surface area contributed by atoms with E-state index in [9.17, 15) is 0 Å². The van der Waals surface area contributed by atoms with Gasteiger partial charge in [-0.15, -0.1) is 0 Å². The summed E-state index contributed by atoms with van der Waals surface area (Å²) in [6.07, 6.45) is 0. The summed E-state index contributed by atoms with van der Waals surface area (Å²) in [5, 5.41) is 14.6. The maximum Gasteiger partial charge on any atom is 0.0540 e. The first kappa shape index (κ1) is 39.4. The maximum atomic E-state index is 2.42.